The van der Waals surface area contributed by atoms with E-state index >= 15 is 0 Å². The number of hydrogen-bond acceptors (Lipinski definition) is 3. The quantitative estimate of drug-likeness (QED) is 0.578. The van der Waals surface area contributed by atoms with Gasteiger partial charge >= 0.3 is 0 Å². The van der Waals surface area contributed by atoms with Gasteiger partial charge in [0.1, 0.15) is 11.6 Å². The maximum absolute atomic E-state index is 13.6. The molecule has 0 radical (unpaired) electrons. The van der Waals surface area contributed by atoms with Crippen LogP contribution >= 0.6 is 0 Å². The van der Waals surface area contributed by atoms with Gasteiger partial charge in [-0.15, -0.1) is 0 Å². The normalized spacial score (nSPS) is 10.2. The first-order valence-corrected chi connectivity index (χ1v) is 4.57. The molecule has 0 aliphatic carbocycles. The SMILES string of the molecule is COc1ccc(N=CN(C)C)c(C#N)c1F. The minimum absolute atomic E-state index is 0.0420. The van der Waals surface area contributed by atoms with Crippen molar-refractivity contribution in [3.05, 3.63) is 23.5 Å². The molecule has 5 heteroatoms. The fourth-order valence-electron chi connectivity index (χ4n) is 1.10. The Bertz CT molecular complexity index is 449. The maximum Gasteiger partial charge on any atom is 0.184 e. The molecule has 0 heterocycles. The van der Waals surface area contributed by atoms with E-state index in [4.69, 9.17) is 10.00 Å². The Kier molecular flexibility index (Phi) is 3.84. The Morgan fingerprint density at radius 2 is 2.19 bits per heavy atom. The topological polar surface area (TPSA) is 48.6 Å². The standard InChI is InChI=1S/C11H12FN3O/c1-15(2)7-14-9-4-5-10(16-3)11(12)8(9)6-13/h4-5,7H,1-3H3. The summed E-state index contributed by atoms with van der Waals surface area (Å²) >= 11 is 0. The molecule has 0 unspecified atom stereocenters. The maximum atomic E-state index is 13.6. The van der Waals surface area contributed by atoms with Gasteiger partial charge in [-0.25, -0.2) is 9.38 Å². The van der Waals surface area contributed by atoms with Crippen LogP contribution in [0.2, 0.25) is 0 Å². The highest BCUT2D eigenvalue weighted by Gasteiger charge is 2.12. The van der Waals surface area contributed by atoms with Crippen LogP contribution in [0.25, 0.3) is 0 Å². The molecule has 0 N–H and O–H groups in total. The minimum atomic E-state index is -0.682. The molecule has 0 aliphatic rings. The lowest BCUT2D eigenvalue weighted by Crippen LogP contribution is -2.07. The Morgan fingerprint density at radius 3 is 2.69 bits per heavy atom. The number of nitriles is 1. The minimum Gasteiger partial charge on any atom is -0.494 e. The average molecular weight is 221 g/mol. The highest BCUT2D eigenvalue weighted by Crippen LogP contribution is 2.28. The zero-order valence-corrected chi connectivity index (χ0v) is 9.36. The number of hydrogen-bond donors (Lipinski definition) is 0. The predicted molar refractivity (Wildman–Crippen MR) is 59.5 cm³/mol. The fraction of sp³-hybridized carbons (Fsp3) is 0.273. The summed E-state index contributed by atoms with van der Waals surface area (Å²) in [5.41, 5.74) is 0.173. The van der Waals surface area contributed by atoms with Gasteiger partial charge in [0.05, 0.1) is 19.1 Å². The zero-order valence-electron chi connectivity index (χ0n) is 9.36. The molecule has 0 aromatic heterocycles. The summed E-state index contributed by atoms with van der Waals surface area (Å²) in [5.74, 6) is -0.640. The van der Waals surface area contributed by atoms with Crippen molar-refractivity contribution < 1.29 is 9.13 Å². The third-order valence-electron chi connectivity index (χ3n) is 1.84. The lowest BCUT2D eigenvalue weighted by Gasteiger charge is -2.06. The summed E-state index contributed by atoms with van der Waals surface area (Å²) in [6, 6.07) is 4.76. The van der Waals surface area contributed by atoms with Crippen molar-refractivity contribution in [3.63, 3.8) is 0 Å². The number of rotatable bonds is 3. The molecule has 0 fully saturated rings. The van der Waals surface area contributed by atoms with Crippen LogP contribution in [0, 0.1) is 17.1 Å². The monoisotopic (exact) mass is 221 g/mol. The number of benzene rings is 1. The first kappa shape index (κ1) is 12.0. The molecule has 0 spiro atoms. The molecular weight excluding hydrogens is 209 g/mol. The molecule has 0 aliphatic heterocycles. The summed E-state index contributed by atoms with van der Waals surface area (Å²) < 4.78 is 18.4. The van der Waals surface area contributed by atoms with Gasteiger partial charge in [-0.3, -0.25) is 0 Å². The molecule has 0 saturated carbocycles. The number of ether oxygens (including phenoxy) is 1. The van der Waals surface area contributed by atoms with E-state index in [1.807, 2.05) is 0 Å². The molecule has 1 aromatic carbocycles. The van der Waals surface area contributed by atoms with E-state index in [0.29, 0.717) is 0 Å². The van der Waals surface area contributed by atoms with Gasteiger partial charge in [-0.1, -0.05) is 0 Å². The highest BCUT2D eigenvalue weighted by atomic mass is 19.1. The van der Waals surface area contributed by atoms with E-state index in [1.165, 1.54) is 19.5 Å². The predicted octanol–water partition coefficient (Wildman–Crippen LogP) is 1.93. The largest absolute Gasteiger partial charge is 0.494 e. The van der Waals surface area contributed by atoms with Crippen LogP contribution in [0.5, 0.6) is 5.75 Å². The molecule has 84 valence electrons. The van der Waals surface area contributed by atoms with Gasteiger partial charge < -0.3 is 9.64 Å². The molecule has 0 amide bonds. The van der Waals surface area contributed by atoms with E-state index in [-0.39, 0.29) is 17.0 Å². The summed E-state index contributed by atoms with van der Waals surface area (Å²) in [6.45, 7) is 0. The van der Waals surface area contributed by atoms with E-state index in [1.54, 1.807) is 31.1 Å². The molecule has 1 rings (SSSR count). The second-order valence-corrected chi connectivity index (χ2v) is 3.30. The number of methoxy groups -OCH3 is 1. The van der Waals surface area contributed by atoms with Crippen molar-refractivity contribution in [1.29, 1.82) is 5.26 Å². The third-order valence-corrected chi connectivity index (χ3v) is 1.84. The fourth-order valence-corrected chi connectivity index (χ4v) is 1.10. The third kappa shape index (κ3) is 2.48. The average Bonchev–Trinajstić information content (AvgIpc) is 2.26. The van der Waals surface area contributed by atoms with Crippen molar-refractivity contribution in [1.82, 2.24) is 4.90 Å². The van der Waals surface area contributed by atoms with Crippen molar-refractivity contribution in [3.8, 4) is 11.8 Å². The molecular formula is C11H12FN3O. The van der Waals surface area contributed by atoms with Crippen LogP contribution < -0.4 is 4.74 Å². The molecule has 0 atom stereocenters. The van der Waals surface area contributed by atoms with Crippen LogP contribution in [0.3, 0.4) is 0 Å². The molecule has 4 nitrogen and oxygen atoms in total. The Labute approximate surface area is 93.6 Å². The molecule has 16 heavy (non-hydrogen) atoms. The van der Waals surface area contributed by atoms with Gasteiger partial charge in [-0.2, -0.15) is 5.26 Å². The van der Waals surface area contributed by atoms with Gasteiger partial charge in [0, 0.05) is 14.1 Å². The van der Waals surface area contributed by atoms with E-state index < -0.39 is 5.82 Å². The summed E-state index contributed by atoms with van der Waals surface area (Å²) in [7, 11) is 4.92. The lowest BCUT2D eigenvalue weighted by atomic mass is 10.1. The van der Waals surface area contributed by atoms with E-state index in [0.717, 1.165) is 0 Å². The van der Waals surface area contributed by atoms with Crippen molar-refractivity contribution in [2.24, 2.45) is 4.99 Å². The smallest absolute Gasteiger partial charge is 0.184 e. The highest BCUT2D eigenvalue weighted by molar-refractivity contribution is 5.66. The van der Waals surface area contributed by atoms with Crippen molar-refractivity contribution in [2.45, 2.75) is 0 Å². The molecule has 0 saturated heterocycles. The Balaban J connectivity index is 3.22. The van der Waals surface area contributed by atoms with Gasteiger partial charge in [0.2, 0.25) is 0 Å². The van der Waals surface area contributed by atoms with Crippen molar-refractivity contribution in [2.75, 3.05) is 21.2 Å². The van der Waals surface area contributed by atoms with E-state index in [2.05, 4.69) is 4.99 Å². The van der Waals surface area contributed by atoms with Crippen molar-refractivity contribution >= 4 is 12.0 Å². The van der Waals surface area contributed by atoms with Gasteiger partial charge in [-0.05, 0) is 12.1 Å². The van der Waals surface area contributed by atoms with Crippen LogP contribution in [-0.4, -0.2) is 32.4 Å². The zero-order chi connectivity index (χ0) is 12.1. The first-order valence-electron chi connectivity index (χ1n) is 4.57. The molecule has 0 bridgehead atoms. The second-order valence-electron chi connectivity index (χ2n) is 3.30. The van der Waals surface area contributed by atoms with Crippen LogP contribution in [-0.2, 0) is 0 Å². The summed E-state index contributed by atoms with van der Waals surface area (Å²) in [4.78, 5) is 5.69. The lowest BCUT2D eigenvalue weighted by molar-refractivity contribution is 0.386. The van der Waals surface area contributed by atoms with E-state index in [9.17, 15) is 4.39 Å². The number of halogens is 1. The second kappa shape index (κ2) is 5.12. The van der Waals surface area contributed by atoms with Crippen LogP contribution in [0.1, 0.15) is 5.56 Å². The van der Waals surface area contributed by atoms with Gasteiger partial charge in [0.15, 0.2) is 11.6 Å². The Morgan fingerprint density at radius 1 is 1.50 bits per heavy atom. The summed E-state index contributed by atoms with van der Waals surface area (Å²) in [6.07, 6.45) is 1.50. The number of aliphatic imine (C=N–C) groups is 1. The van der Waals surface area contributed by atoms with Gasteiger partial charge in [0.25, 0.3) is 0 Å². The molecule has 1 aromatic rings. The number of nitrogens with zero attached hydrogens (tertiary/aromatic N) is 3. The Hall–Kier alpha value is -2.09. The van der Waals surface area contributed by atoms with Crippen LogP contribution in [0.4, 0.5) is 10.1 Å². The van der Waals surface area contributed by atoms with Crippen LogP contribution in [0.15, 0.2) is 17.1 Å². The first-order chi connectivity index (χ1) is 7.60. The summed E-state index contributed by atoms with van der Waals surface area (Å²) in [5, 5.41) is 8.85.